The zero-order chi connectivity index (χ0) is 18.1. The topological polar surface area (TPSA) is 110 Å². The molecule has 2 fully saturated rings. The van der Waals surface area contributed by atoms with Gasteiger partial charge in [-0.2, -0.15) is 0 Å². The first-order chi connectivity index (χ1) is 11.1. The van der Waals surface area contributed by atoms with E-state index in [-0.39, 0.29) is 35.8 Å². The quantitative estimate of drug-likeness (QED) is 0.688. The highest BCUT2D eigenvalue weighted by Crippen LogP contribution is 2.27. The summed E-state index contributed by atoms with van der Waals surface area (Å²) in [4.78, 5) is 26.4. The van der Waals surface area contributed by atoms with Crippen LogP contribution in [0.5, 0.6) is 0 Å². The van der Waals surface area contributed by atoms with Crippen LogP contribution in [0, 0.1) is 11.8 Å². The van der Waals surface area contributed by atoms with Gasteiger partial charge in [0.05, 0.1) is 17.4 Å². The van der Waals surface area contributed by atoms with Crippen LogP contribution >= 0.6 is 0 Å². The van der Waals surface area contributed by atoms with Crippen molar-refractivity contribution in [3.63, 3.8) is 0 Å². The fourth-order valence-corrected chi connectivity index (χ4v) is 5.50. The van der Waals surface area contributed by atoms with Crippen LogP contribution in [-0.4, -0.2) is 61.3 Å². The third kappa shape index (κ3) is 4.47. The molecule has 0 saturated carbocycles. The first-order valence-electron chi connectivity index (χ1n) is 8.57. The summed E-state index contributed by atoms with van der Waals surface area (Å²) in [5.41, 5.74) is 5.34. The number of carbonyl (C=O) groups excluding carboxylic acids is 2. The zero-order valence-electron chi connectivity index (χ0n) is 14.7. The summed E-state index contributed by atoms with van der Waals surface area (Å²) in [5.74, 6) is -0.197. The minimum Gasteiger partial charge on any atom is -0.349 e. The lowest BCUT2D eigenvalue weighted by molar-refractivity contribution is -0.130. The van der Waals surface area contributed by atoms with Crippen molar-refractivity contribution in [3.8, 4) is 0 Å². The Morgan fingerprint density at radius 1 is 1.46 bits per heavy atom. The number of sulfone groups is 1. The molecular formula is C16H29N3O4S. The number of rotatable bonds is 6. The largest absolute Gasteiger partial charge is 0.349 e. The SMILES string of the molecule is CC(C)CC(C)(CN)NC(=O)C1CC(=O)N(C2CCS(=O)(=O)C2)C1. The summed E-state index contributed by atoms with van der Waals surface area (Å²) >= 11 is 0. The standard InChI is InChI=1S/C16H29N3O4S/c1-11(2)7-16(3,10-17)18-15(21)12-6-14(20)19(8-12)13-4-5-24(22,23)9-13/h11-13H,4-10,17H2,1-3H3,(H,18,21). The van der Waals surface area contributed by atoms with E-state index in [9.17, 15) is 18.0 Å². The van der Waals surface area contributed by atoms with E-state index in [0.717, 1.165) is 6.42 Å². The molecule has 0 spiro atoms. The number of hydrogen-bond acceptors (Lipinski definition) is 5. The highest BCUT2D eigenvalue weighted by atomic mass is 32.2. The van der Waals surface area contributed by atoms with Gasteiger partial charge in [0.25, 0.3) is 0 Å². The summed E-state index contributed by atoms with van der Waals surface area (Å²) in [7, 11) is -3.05. The molecule has 2 aliphatic rings. The Kier molecular flexibility index (Phi) is 5.59. The maximum absolute atomic E-state index is 12.6. The van der Waals surface area contributed by atoms with Crippen LogP contribution in [-0.2, 0) is 19.4 Å². The van der Waals surface area contributed by atoms with Crippen molar-refractivity contribution >= 4 is 21.7 Å². The highest BCUT2D eigenvalue weighted by Gasteiger charge is 2.42. The molecule has 0 bridgehead atoms. The lowest BCUT2D eigenvalue weighted by Crippen LogP contribution is -2.54. The van der Waals surface area contributed by atoms with Gasteiger partial charge in [0.2, 0.25) is 11.8 Å². The fourth-order valence-electron chi connectivity index (χ4n) is 3.77. The molecule has 2 rings (SSSR count). The second-order valence-corrected chi connectivity index (χ2v) is 10.1. The van der Waals surface area contributed by atoms with Gasteiger partial charge in [0, 0.05) is 31.1 Å². The molecule has 24 heavy (non-hydrogen) atoms. The molecule has 0 aromatic carbocycles. The van der Waals surface area contributed by atoms with E-state index in [1.807, 2.05) is 6.92 Å². The molecule has 8 heteroatoms. The number of nitrogens with zero attached hydrogens (tertiary/aromatic N) is 1. The molecule has 138 valence electrons. The van der Waals surface area contributed by atoms with Crippen LogP contribution in [0.2, 0.25) is 0 Å². The number of nitrogens with one attached hydrogen (secondary N) is 1. The van der Waals surface area contributed by atoms with Gasteiger partial charge >= 0.3 is 0 Å². The maximum atomic E-state index is 12.6. The molecule has 2 aliphatic heterocycles. The van der Waals surface area contributed by atoms with Crippen LogP contribution in [0.3, 0.4) is 0 Å². The molecule has 2 heterocycles. The lowest BCUT2D eigenvalue weighted by Gasteiger charge is -2.32. The molecule has 3 atom stereocenters. The molecule has 0 aliphatic carbocycles. The average Bonchev–Trinajstić information content (AvgIpc) is 3.00. The third-order valence-corrected chi connectivity index (χ3v) is 6.66. The number of likely N-dealkylation sites (tertiary alicyclic amines) is 1. The van der Waals surface area contributed by atoms with Crippen molar-refractivity contribution < 1.29 is 18.0 Å². The van der Waals surface area contributed by atoms with E-state index in [0.29, 0.717) is 25.4 Å². The highest BCUT2D eigenvalue weighted by molar-refractivity contribution is 7.91. The Labute approximate surface area is 144 Å². The normalized spacial score (nSPS) is 29.0. The van der Waals surface area contributed by atoms with Gasteiger partial charge in [-0.1, -0.05) is 13.8 Å². The van der Waals surface area contributed by atoms with Crippen molar-refractivity contribution in [2.75, 3.05) is 24.6 Å². The van der Waals surface area contributed by atoms with E-state index in [4.69, 9.17) is 5.73 Å². The molecule has 0 radical (unpaired) electrons. The van der Waals surface area contributed by atoms with E-state index >= 15 is 0 Å². The van der Waals surface area contributed by atoms with Gasteiger partial charge in [-0.05, 0) is 25.7 Å². The van der Waals surface area contributed by atoms with Crippen molar-refractivity contribution in [2.24, 2.45) is 17.6 Å². The number of hydrogen-bond donors (Lipinski definition) is 2. The van der Waals surface area contributed by atoms with E-state index < -0.39 is 21.3 Å². The maximum Gasteiger partial charge on any atom is 0.225 e. The molecule has 0 aromatic rings. The van der Waals surface area contributed by atoms with Crippen molar-refractivity contribution in [1.29, 1.82) is 0 Å². The van der Waals surface area contributed by atoms with Gasteiger partial charge in [0.1, 0.15) is 0 Å². The summed E-state index contributed by atoms with van der Waals surface area (Å²) in [6.07, 6.45) is 1.38. The van der Waals surface area contributed by atoms with Crippen LogP contribution in [0.1, 0.15) is 40.0 Å². The summed E-state index contributed by atoms with van der Waals surface area (Å²) in [6.45, 7) is 6.70. The number of amides is 2. The molecule has 3 unspecified atom stereocenters. The third-order valence-electron chi connectivity index (χ3n) is 4.91. The Hall–Kier alpha value is -1.15. The van der Waals surface area contributed by atoms with Gasteiger partial charge in [0.15, 0.2) is 9.84 Å². The van der Waals surface area contributed by atoms with Crippen LogP contribution in [0.25, 0.3) is 0 Å². The predicted molar refractivity (Wildman–Crippen MR) is 91.9 cm³/mol. The van der Waals surface area contributed by atoms with Gasteiger partial charge in [-0.25, -0.2) is 8.42 Å². The number of nitrogens with two attached hydrogens (primary N) is 1. The zero-order valence-corrected chi connectivity index (χ0v) is 15.6. The minimum atomic E-state index is -3.05. The first kappa shape index (κ1) is 19.2. The van der Waals surface area contributed by atoms with E-state index in [1.54, 1.807) is 4.90 Å². The molecule has 3 N–H and O–H groups in total. The summed E-state index contributed by atoms with van der Waals surface area (Å²) < 4.78 is 23.2. The second kappa shape index (κ2) is 7.00. The average molecular weight is 359 g/mol. The van der Waals surface area contributed by atoms with Crippen LogP contribution in [0.15, 0.2) is 0 Å². The lowest BCUT2D eigenvalue weighted by atomic mass is 9.90. The molecule has 0 aromatic heterocycles. The summed E-state index contributed by atoms with van der Waals surface area (Å²) in [5, 5.41) is 3.00. The van der Waals surface area contributed by atoms with Gasteiger partial charge in [-0.3, -0.25) is 9.59 Å². The van der Waals surface area contributed by atoms with Gasteiger partial charge < -0.3 is 16.0 Å². The second-order valence-electron chi connectivity index (χ2n) is 7.86. The molecule has 2 amide bonds. The Balaban J connectivity index is 1.98. The Bertz CT molecular complexity index is 604. The Morgan fingerprint density at radius 3 is 2.62 bits per heavy atom. The first-order valence-corrected chi connectivity index (χ1v) is 10.4. The number of carbonyl (C=O) groups is 2. The van der Waals surface area contributed by atoms with Crippen LogP contribution < -0.4 is 11.1 Å². The van der Waals surface area contributed by atoms with Crippen molar-refractivity contribution in [2.45, 2.75) is 51.6 Å². The molecule has 2 saturated heterocycles. The Morgan fingerprint density at radius 2 is 2.12 bits per heavy atom. The van der Waals surface area contributed by atoms with E-state index in [2.05, 4.69) is 19.2 Å². The van der Waals surface area contributed by atoms with E-state index in [1.165, 1.54) is 0 Å². The van der Waals surface area contributed by atoms with Gasteiger partial charge in [-0.15, -0.1) is 0 Å². The smallest absolute Gasteiger partial charge is 0.225 e. The predicted octanol–water partition coefficient (Wildman–Crippen LogP) is -0.0983. The van der Waals surface area contributed by atoms with Crippen molar-refractivity contribution in [3.05, 3.63) is 0 Å². The van der Waals surface area contributed by atoms with Crippen molar-refractivity contribution in [1.82, 2.24) is 10.2 Å². The fraction of sp³-hybridized carbons (Fsp3) is 0.875. The minimum absolute atomic E-state index is 0.0148. The molecular weight excluding hydrogens is 330 g/mol. The van der Waals surface area contributed by atoms with Crippen LogP contribution in [0.4, 0.5) is 0 Å². The monoisotopic (exact) mass is 359 g/mol. The summed E-state index contributed by atoms with van der Waals surface area (Å²) in [6, 6.07) is -0.281. The molecule has 7 nitrogen and oxygen atoms in total.